The number of rotatable bonds is 10. The highest BCUT2D eigenvalue weighted by Gasteiger charge is 2.28. The molecule has 0 radical (unpaired) electrons. The fourth-order valence-corrected chi connectivity index (χ4v) is 5.97. The Hall–Kier alpha value is -2.35. The third-order valence-corrected chi connectivity index (χ3v) is 8.40. The van der Waals surface area contributed by atoms with Gasteiger partial charge in [0, 0.05) is 31.2 Å². The summed E-state index contributed by atoms with van der Waals surface area (Å²) in [5, 5.41) is 5.82. The normalized spacial score (nSPS) is 20.2. The Labute approximate surface area is 221 Å². The van der Waals surface area contributed by atoms with Crippen molar-refractivity contribution in [3.63, 3.8) is 0 Å². The molecule has 0 saturated heterocycles. The minimum atomic E-state index is 0.527. The van der Waals surface area contributed by atoms with Crippen molar-refractivity contribution < 1.29 is 0 Å². The van der Waals surface area contributed by atoms with E-state index in [-0.39, 0.29) is 0 Å². The second-order valence-electron chi connectivity index (χ2n) is 10.6. The number of hydrogen-bond acceptors (Lipinski definition) is 5. The first kappa shape index (κ1) is 24.0. The molecule has 7 nitrogen and oxygen atoms in total. The number of H-pyrrole nitrogens is 1. The van der Waals surface area contributed by atoms with Crippen LogP contribution in [0.25, 0.3) is 22.1 Å². The van der Waals surface area contributed by atoms with Crippen LogP contribution in [0.4, 0.5) is 5.82 Å². The molecule has 3 heterocycles. The van der Waals surface area contributed by atoms with Crippen LogP contribution >= 0.6 is 23.2 Å². The van der Waals surface area contributed by atoms with Gasteiger partial charge in [0.15, 0.2) is 0 Å². The average molecular weight is 527 g/mol. The maximum atomic E-state index is 6.12. The number of imidazole rings is 1. The Bertz CT molecular complexity index is 1320. The number of benzene rings is 1. The molecule has 3 aromatic heterocycles. The highest BCUT2D eigenvalue weighted by Crippen LogP contribution is 2.38. The number of halogens is 2. The van der Waals surface area contributed by atoms with Crippen LogP contribution in [-0.2, 0) is 6.42 Å². The molecule has 2 saturated carbocycles. The molecular weight excluding hydrogens is 493 g/mol. The van der Waals surface area contributed by atoms with Crippen LogP contribution in [0.5, 0.6) is 0 Å². The van der Waals surface area contributed by atoms with Gasteiger partial charge in [0.1, 0.15) is 23.6 Å². The Morgan fingerprint density at radius 1 is 1.11 bits per heavy atom. The van der Waals surface area contributed by atoms with E-state index in [2.05, 4.69) is 54.0 Å². The van der Waals surface area contributed by atoms with Crippen LogP contribution in [-0.4, -0.2) is 55.6 Å². The Kier molecular flexibility index (Phi) is 6.80. The van der Waals surface area contributed by atoms with E-state index in [4.69, 9.17) is 23.2 Å². The Morgan fingerprint density at radius 2 is 1.97 bits per heavy atom. The van der Waals surface area contributed by atoms with Crippen molar-refractivity contribution in [1.82, 2.24) is 29.4 Å². The van der Waals surface area contributed by atoms with E-state index in [1.54, 1.807) is 6.33 Å². The highest BCUT2D eigenvalue weighted by molar-refractivity contribution is 6.42. The molecule has 2 N–H and O–H groups in total. The van der Waals surface area contributed by atoms with Gasteiger partial charge in [0.25, 0.3) is 0 Å². The van der Waals surface area contributed by atoms with E-state index in [1.165, 1.54) is 32.1 Å². The third kappa shape index (κ3) is 5.20. The number of unbranched alkanes of at least 4 members (excludes halogenated alkanes) is 1. The SMILES string of the molecule is CN(CCCCc1nc2cc(Cl)c(Cl)cc2[nH]1)C[C@@H]1CC[C@H](n2ccc3c(NC4CC4)ncnc32)C1. The van der Waals surface area contributed by atoms with Gasteiger partial charge in [-0.25, -0.2) is 15.0 Å². The topological polar surface area (TPSA) is 74.7 Å². The zero-order valence-electron chi connectivity index (χ0n) is 20.7. The van der Waals surface area contributed by atoms with Crippen molar-refractivity contribution in [1.29, 1.82) is 0 Å². The molecule has 0 spiro atoms. The number of anilines is 1. The maximum absolute atomic E-state index is 6.12. The van der Waals surface area contributed by atoms with Crippen molar-refractivity contribution in [2.75, 3.05) is 25.5 Å². The summed E-state index contributed by atoms with van der Waals surface area (Å²) in [5.74, 6) is 2.72. The fourth-order valence-electron chi connectivity index (χ4n) is 5.65. The van der Waals surface area contributed by atoms with Gasteiger partial charge in [-0.1, -0.05) is 23.2 Å². The zero-order chi connectivity index (χ0) is 24.6. The summed E-state index contributed by atoms with van der Waals surface area (Å²) in [6.45, 7) is 2.26. The summed E-state index contributed by atoms with van der Waals surface area (Å²) >= 11 is 12.2. The number of aromatic amines is 1. The zero-order valence-corrected chi connectivity index (χ0v) is 22.2. The van der Waals surface area contributed by atoms with Crippen LogP contribution in [0.3, 0.4) is 0 Å². The van der Waals surface area contributed by atoms with Crippen molar-refractivity contribution >= 4 is 51.1 Å². The van der Waals surface area contributed by atoms with Crippen LogP contribution < -0.4 is 5.32 Å². The molecule has 2 atom stereocenters. The molecule has 1 aromatic carbocycles. The third-order valence-electron chi connectivity index (χ3n) is 7.68. The van der Waals surface area contributed by atoms with Crippen LogP contribution in [0.1, 0.15) is 56.8 Å². The summed E-state index contributed by atoms with van der Waals surface area (Å²) in [6.07, 6.45) is 13.3. The smallest absolute Gasteiger partial charge is 0.145 e. The van der Waals surface area contributed by atoms with Crippen molar-refractivity contribution in [2.24, 2.45) is 5.92 Å². The Balaban J connectivity index is 0.975. The maximum Gasteiger partial charge on any atom is 0.145 e. The molecule has 0 bridgehead atoms. The van der Waals surface area contributed by atoms with E-state index in [0.29, 0.717) is 22.1 Å². The fraction of sp³-hybridized carbons (Fsp3) is 0.519. The molecule has 0 amide bonds. The first-order chi connectivity index (χ1) is 17.5. The predicted octanol–water partition coefficient (Wildman–Crippen LogP) is 6.48. The summed E-state index contributed by atoms with van der Waals surface area (Å²) in [6, 6.07) is 6.99. The first-order valence-electron chi connectivity index (χ1n) is 13.1. The second-order valence-corrected chi connectivity index (χ2v) is 11.4. The minimum absolute atomic E-state index is 0.527. The van der Waals surface area contributed by atoms with Gasteiger partial charge >= 0.3 is 0 Å². The van der Waals surface area contributed by atoms with Gasteiger partial charge < -0.3 is 19.8 Å². The van der Waals surface area contributed by atoms with Crippen LogP contribution in [0.2, 0.25) is 10.0 Å². The second kappa shape index (κ2) is 10.2. The highest BCUT2D eigenvalue weighted by atomic mass is 35.5. The number of nitrogens with one attached hydrogen (secondary N) is 2. The van der Waals surface area contributed by atoms with Gasteiger partial charge in [-0.05, 0) is 82.7 Å². The molecule has 36 heavy (non-hydrogen) atoms. The van der Waals surface area contributed by atoms with E-state index >= 15 is 0 Å². The molecule has 9 heteroatoms. The largest absolute Gasteiger partial charge is 0.367 e. The summed E-state index contributed by atoms with van der Waals surface area (Å²) in [7, 11) is 2.26. The first-order valence-corrected chi connectivity index (χ1v) is 13.9. The lowest BCUT2D eigenvalue weighted by Crippen LogP contribution is -2.26. The lowest BCUT2D eigenvalue weighted by Gasteiger charge is -2.21. The molecule has 6 rings (SSSR count). The summed E-state index contributed by atoms with van der Waals surface area (Å²) < 4.78 is 2.39. The van der Waals surface area contributed by atoms with Crippen LogP contribution in [0, 0.1) is 5.92 Å². The van der Waals surface area contributed by atoms with Crippen LogP contribution in [0.15, 0.2) is 30.7 Å². The lowest BCUT2D eigenvalue weighted by atomic mass is 10.1. The molecule has 2 aliphatic carbocycles. The van der Waals surface area contributed by atoms with Gasteiger partial charge in [0.2, 0.25) is 0 Å². The minimum Gasteiger partial charge on any atom is -0.367 e. The van der Waals surface area contributed by atoms with Crippen molar-refractivity contribution in [3.05, 3.63) is 46.6 Å². The molecule has 0 unspecified atom stereocenters. The predicted molar refractivity (Wildman–Crippen MR) is 147 cm³/mol. The molecular formula is C27H33Cl2N7. The van der Waals surface area contributed by atoms with Gasteiger partial charge in [-0.15, -0.1) is 0 Å². The van der Waals surface area contributed by atoms with E-state index < -0.39 is 0 Å². The standard InChI is InChI=1S/C27H33Cl2N7/c1-35(10-3-2-4-25-33-23-13-21(28)22(29)14-24(23)34-25)15-17-5-8-19(12-17)36-11-9-20-26(32-18-6-7-18)30-16-31-27(20)36/h9,11,13-14,16-19H,2-8,10,12,15H2,1H3,(H,33,34)(H,30,31,32)/t17-,19+/m1/s1. The van der Waals surface area contributed by atoms with E-state index in [9.17, 15) is 0 Å². The van der Waals surface area contributed by atoms with Crippen molar-refractivity contribution in [2.45, 2.75) is 63.5 Å². The molecule has 4 aromatic rings. The van der Waals surface area contributed by atoms with Gasteiger partial charge in [0.05, 0.1) is 26.5 Å². The molecule has 2 aliphatic rings. The molecule has 0 aliphatic heterocycles. The average Bonchev–Trinajstić information content (AvgIpc) is 3.22. The molecule has 190 valence electrons. The number of fused-ring (bicyclic) bond motifs is 2. The molecule has 2 fully saturated rings. The number of hydrogen-bond donors (Lipinski definition) is 2. The summed E-state index contributed by atoms with van der Waals surface area (Å²) in [5.41, 5.74) is 2.90. The number of aromatic nitrogens is 5. The number of aryl methyl sites for hydroxylation is 1. The summed E-state index contributed by atoms with van der Waals surface area (Å²) in [4.78, 5) is 19.7. The quantitative estimate of drug-likeness (QED) is 0.231. The number of nitrogens with zero attached hydrogens (tertiary/aromatic N) is 5. The van der Waals surface area contributed by atoms with Crippen molar-refractivity contribution in [3.8, 4) is 0 Å². The van der Waals surface area contributed by atoms with E-state index in [1.807, 2.05) is 12.1 Å². The van der Waals surface area contributed by atoms with Gasteiger partial charge in [-0.2, -0.15) is 0 Å². The van der Waals surface area contributed by atoms with Gasteiger partial charge in [-0.3, -0.25) is 0 Å². The Morgan fingerprint density at radius 3 is 2.83 bits per heavy atom. The van der Waals surface area contributed by atoms with E-state index in [0.717, 1.165) is 72.0 Å². The lowest BCUT2D eigenvalue weighted by molar-refractivity contribution is 0.269. The monoisotopic (exact) mass is 525 g/mol.